The summed E-state index contributed by atoms with van der Waals surface area (Å²) in [4.78, 5) is 4.34. The van der Waals surface area contributed by atoms with Crippen molar-refractivity contribution in [3.63, 3.8) is 0 Å². The fraction of sp³-hybridized carbons (Fsp3) is 0.583. The molecular formula is C12H18BNO2. The highest BCUT2D eigenvalue weighted by atomic mass is 16.7. The summed E-state index contributed by atoms with van der Waals surface area (Å²) in [5.74, 6) is 0. The Morgan fingerprint density at radius 1 is 1.06 bits per heavy atom. The van der Waals surface area contributed by atoms with E-state index in [0.717, 1.165) is 11.2 Å². The zero-order valence-corrected chi connectivity index (χ0v) is 10.6. The molecule has 0 radical (unpaired) electrons. The maximum absolute atomic E-state index is 5.91. The van der Waals surface area contributed by atoms with Gasteiger partial charge in [0.15, 0.2) is 0 Å². The summed E-state index contributed by atoms with van der Waals surface area (Å²) in [6.45, 7) is 10.2. The van der Waals surface area contributed by atoms with E-state index in [2.05, 4.69) is 4.98 Å². The Balaban J connectivity index is 2.23. The Kier molecular flexibility index (Phi) is 2.59. The highest BCUT2D eigenvalue weighted by Crippen LogP contribution is 2.36. The van der Waals surface area contributed by atoms with Crippen molar-refractivity contribution in [1.29, 1.82) is 0 Å². The van der Waals surface area contributed by atoms with Crippen LogP contribution in [0.3, 0.4) is 0 Å². The van der Waals surface area contributed by atoms with E-state index in [1.807, 2.05) is 52.9 Å². The van der Waals surface area contributed by atoms with Gasteiger partial charge in [0.2, 0.25) is 0 Å². The zero-order valence-electron chi connectivity index (χ0n) is 10.6. The third kappa shape index (κ3) is 1.87. The predicted octanol–water partition coefficient (Wildman–Crippen LogP) is 1.69. The number of rotatable bonds is 1. The molecule has 16 heavy (non-hydrogen) atoms. The number of nitrogens with zero attached hydrogens (tertiary/aromatic N) is 1. The molecule has 0 aromatic carbocycles. The van der Waals surface area contributed by atoms with Crippen LogP contribution in [0.15, 0.2) is 18.3 Å². The third-order valence-corrected chi connectivity index (χ3v) is 3.43. The molecule has 1 aliphatic heterocycles. The first kappa shape index (κ1) is 11.6. The molecule has 1 aromatic rings. The Bertz CT molecular complexity index is 371. The van der Waals surface area contributed by atoms with Gasteiger partial charge in [-0.25, -0.2) is 0 Å². The highest BCUT2D eigenvalue weighted by molar-refractivity contribution is 6.61. The van der Waals surface area contributed by atoms with Gasteiger partial charge >= 0.3 is 7.12 Å². The lowest BCUT2D eigenvalue weighted by Crippen LogP contribution is -2.41. The minimum absolute atomic E-state index is 0.301. The maximum Gasteiger partial charge on any atom is 0.514 e. The summed E-state index contributed by atoms with van der Waals surface area (Å²) in [6, 6.07) is 3.98. The Labute approximate surface area is 97.3 Å². The van der Waals surface area contributed by atoms with Crippen LogP contribution >= 0.6 is 0 Å². The van der Waals surface area contributed by atoms with Crippen LogP contribution in [0.4, 0.5) is 0 Å². The molecule has 2 heterocycles. The van der Waals surface area contributed by atoms with Crippen LogP contribution in [0, 0.1) is 6.92 Å². The lowest BCUT2D eigenvalue weighted by atomic mass is 9.84. The largest absolute Gasteiger partial charge is 0.514 e. The highest BCUT2D eigenvalue weighted by Gasteiger charge is 2.52. The number of pyridine rings is 1. The van der Waals surface area contributed by atoms with Crippen molar-refractivity contribution in [2.75, 3.05) is 0 Å². The molecule has 86 valence electrons. The van der Waals surface area contributed by atoms with E-state index < -0.39 is 0 Å². The van der Waals surface area contributed by atoms with E-state index >= 15 is 0 Å². The lowest BCUT2D eigenvalue weighted by molar-refractivity contribution is 0.00578. The standard InChI is InChI=1S/C12H18BNO2/c1-9-6-7-10(14-8-9)13-15-11(2,3)12(4,5)16-13/h6-8H,1-5H3. The van der Waals surface area contributed by atoms with Gasteiger partial charge in [0.25, 0.3) is 0 Å². The average Bonchev–Trinajstić information content (AvgIpc) is 2.37. The van der Waals surface area contributed by atoms with Gasteiger partial charge in [-0.1, -0.05) is 6.07 Å². The van der Waals surface area contributed by atoms with Crippen LogP contribution in [0.2, 0.25) is 0 Å². The van der Waals surface area contributed by atoms with Gasteiger partial charge < -0.3 is 9.31 Å². The van der Waals surface area contributed by atoms with Gasteiger partial charge in [0, 0.05) is 6.20 Å². The van der Waals surface area contributed by atoms with Crippen LogP contribution in [0.25, 0.3) is 0 Å². The van der Waals surface area contributed by atoms with Gasteiger partial charge in [0.05, 0.1) is 16.8 Å². The van der Waals surface area contributed by atoms with Crippen molar-refractivity contribution >= 4 is 12.7 Å². The van der Waals surface area contributed by atoms with Crippen molar-refractivity contribution in [3.05, 3.63) is 23.9 Å². The fourth-order valence-corrected chi connectivity index (χ4v) is 1.58. The smallest absolute Gasteiger partial charge is 0.398 e. The normalized spacial score (nSPS) is 22.4. The van der Waals surface area contributed by atoms with E-state index in [-0.39, 0.29) is 18.3 Å². The molecule has 0 saturated carbocycles. The number of hydrogen-bond acceptors (Lipinski definition) is 3. The molecule has 0 aliphatic carbocycles. The van der Waals surface area contributed by atoms with E-state index in [9.17, 15) is 0 Å². The summed E-state index contributed by atoms with van der Waals surface area (Å²) in [5, 5.41) is 0. The fourth-order valence-electron chi connectivity index (χ4n) is 1.58. The first-order valence-corrected chi connectivity index (χ1v) is 5.60. The molecule has 0 amide bonds. The van der Waals surface area contributed by atoms with Crippen LogP contribution < -0.4 is 5.59 Å². The molecule has 1 aromatic heterocycles. The van der Waals surface area contributed by atoms with Crippen LogP contribution in [0.5, 0.6) is 0 Å². The molecule has 1 saturated heterocycles. The molecule has 1 fully saturated rings. The van der Waals surface area contributed by atoms with Crippen molar-refractivity contribution in [2.45, 2.75) is 45.8 Å². The molecule has 0 N–H and O–H groups in total. The number of aryl methyl sites for hydroxylation is 1. The zero-order chi connectivity index (χ0) is 12.0. The first-order chi connectivity index (χ1) is 7.32. The van der Waals surface area contributed by atoms with Crippen molar-refractivity contribution in [1.82, 2.24) is 4.98 Å². The molecule has 0 bridgehead atoms. The molecular weight excluding hydrogens is 201 g/mol. The maximum atomic E-state index is 5.91. The van der Waals surface area contributed by atoms with Crippen LogP contribution in [-0.2, 0) is 9.31 Å². The van der Waals surface area contributed by atoms with Gasteiger partial charge in [-0.15, -0.1) is 0 Å². The quantitative estimate of drug-likeness (QED) is 0.673. The summed E-state index contributed by atoms with van der Waals surface area (Å²) in [7, 11) is -0.356. The minimum atomic E-state index is -0.356. The second-order valence-electron chi connectivity index (χ2n) is 5.35. The van der Waals surface area contributed by atoms with Crippen LogP contribution in [0.1, 0.15) is 33.3 Å². The van der Waals surface area contributed by atoms with Crippen LogP contribution in [-0.4, -0.2) is 23.3 Å². The number of aromatic nitrogens is 1. The molecule has 2 rings (SSSR count). The van der Waals surface area contributed by atoms with E-state index in [1.165, 1.54) is 0 Å². The minimum Gasteiger partial charge on any atom is -0.398 e. The third-order valence-electron chi connectivity index (χ3n) is 3.43. The summed E-state index contributed by atoms with van der Waals surface area (Å²) in [6.07, 6.45) is 1.83. The predicted molar refractivity (Wildman–Crippen MR) is 64.7 cm³/mol. The van der Waals surface area contributed by atoms with Crippen molar-refractivity contribution < 1.29 is 9.31 Å². The summed E-state index contributed by atoms with van der Waals surface area (Å²) < 4.78 is 11.8. The molecule has 0 atom stereocenters. The second kappa shape index (κ2) is 3.57. The average molecular weight is 219 g/mol. The molecule has 4 heteroatoms. The molecule has 1 aliphatic rings. The Hall–Kier alpha value is -0.865. The summed E-state index contributed by atoms with van der Waals surface area (Å²) in [5.41, 5.74) is 1.37. The van der Waals surface area contributed by atoms with Gasteiger partial charge in [0.1, 0.15) is 0 Å². The molecule has 0 unspecified atom stereocenters. The first-order valence-electron chi connectivity index (χ1n) is 5.60. The van der Waals surface area contributed by atoms with E-state index in [4.69, 9.17) is 9.31 Å². The molecule has 3 nitrogen and oxygen atoms in total. The SMILES string of the molecule is Cc1ccc(B2OC(C)(C)C(C)(C)O2)nc1. The van der Waals surface area contributed by atoms with Gasteiger partial charge in [-0.2, -0.15) is 0 Å². The van der Waals surface area contributed by atoms with E-state index in [1.54, 1.807) is 0 Å². The Morgan fingerprint density at radius 3 is 2.06 bits per heavy atom. The van der Waals surface area contributed by atoms with E-state index in [0.29, 0.717) is 0 Å². The number of hydrogen-bond donors (Lipinski definition) is 0. The van der Waals surface area contributed by atoms with Gasteiger partial charge in [-0.05, 0) is 46.2 Å². The molecule has 0 spiro atoms. The van der Waals surface area contributed by atoms with Gasteiger partial charge in [-0.3, -0.25) is 4.98 Å². The van der Waals surface area contributed by atoms with Crippen molar-refractivity contribution in [3.8, 4) is 0 Å². The lowest BCUT2D eigenvalue weighted by Gasteiger charge is -2.32. The Morgan fingerprint density at radius 2 is 1.62 bits per heavy atom. The summed E-state index contributed by atoms with van der Waals surface area (Å²) >= 11 is 0. The van der Waals surface area contributed by atoms with Crippen molar-refractivity contribution in [2.24, 2.45) is 0 Å². The topological polar surface area (TPSA) is 31.4 Å². The second-order valence-corrected chi connectivity index (χ2v) is 5.35. The monoisotopic (exact) mass is 219 g/mol.